The molecule has 6 nitrogen and oxygen atoms in total. The number of aryl methyl sites for hydroxylation is 2. The van der Waals surface area contributed by atoms with Crippen molar-refractivity contribution in [3.05, 3.63) is 102 Å². The number of carbonyl (C=O) groups is 1. The Balaban J connectivity index is 1.63. The molecule has 0 spiro atoms. The Morgan fingerprint density at radius 2 is 1.56 bits per heavy atom. The zero-order chi connectivity index (χ0) is 24.3. The highest BCUT2D eigenvalue weighted by Crippen LogP contribution is 2.31. The van der Waals surface area contributed by atoms with Gasteiger partial charge in [0, 0.05) is 30.6 Å². The molecule has 0 saturated carbocycles. The average Bonchev–Trinajstić information content (AvgIpc) is 2.82. The standard InChI is InChI=1S/C27H26N2O4S/c1-29(2)25-14-6-12-23-22(25)11-7-15-26(23)34(32,33)28-24-13-4-3-9-20(24)17-16-19-8-5-10-21(18-19)27(30)31/h3-15,18,28H,16-17H2,1-2H3,(H,30,31). The van der Waals surface area contributed by atoms with Crippen LogP contribution >= 0.6 is 0 Å². The lowest BCUT2D eigenvalue weighted by molar-refractivity contribution is 0.0696. The van der Waals surface area contributed by atoms with E-state index < -0.39 is 16.0 Å². The summed E-state index contributed by atoms with van der Waals surface area (Å²) in [5.41, 5.74) is 3.40. The third kappa shape index (κ3) is 4.89. The van der Waals surface area contributed by atoms with Crippen LogP contribution < -0.4 is 9.62 Å². The molecule has 0 aliphatic rings. The molecule has 7 heteroatoms. The highest BCUT2D eigenvalue weighted by molar-refractivity contribution is 7.93. The fourth-order valence-corrected chi connectivity index (χ4v) is 5.39. The topological polar surface area (TPSA) is 86.7 Å². The van der Waals surface area contributed by atoms with Crippen LogP contribution in [0.4, 0.5) is 11.4 Å². The first-order valence-electron chi connectivity index (χ1n) is 10.9. The minimum Gasteiger partial charge on any atom is -0.478 e. The predicted octanol–water partition coefficient (Wildman–Crippen LogP) is 5.19. The van der Waals surface area contributed by atoms with Gasteiger partial charge in [-0.2, -0.15) is 0 Å². The maximum absolute atomic E-state index is 13.5. The van der Waals surface area contributed by atoms with Crippen LogP contribution in [0.25, 0.3) is 10.8 Å². The number of hydrogen-bond acceptors (Lipinski definition) is 4. The summed E-state index contributed by atoms with van der Waals surface area (Å²) in [5.74, 6) is -0.970. The van der Waals surface area contributed by atoms with E-state index in [1.165, 1.54) is 0 Å². The van der Waals surface area contributed by atoms with Crippen LogP contribution in [-0.4, -0.2) is 33.6 Å². The SMILES string of the molecule is CN(C)c1cccc2c(S(=O)(=O)Nc3ccccc3CCc3cccc(C(=O)O)c3)cccc12. The van der Waals surface area contributed by atoms with Gasteiger partial charge < -0.3 is 10.0 Å². The lowest BCUT2D eigenvalue weighted by Gasteiger charge is -2.18. The molecule has 0 saturated heterocycles. The van der Waals surface area contributed by atoms with Gasteiger partial charge in [0.2, 0.25) is 0 Å². The Hall–Kier alpha value is -3.84. The van der Waals surface area contributed by atoms with Gasteiger partial charge in [0.05, 0.1) is 16.1 Å². The van der Waals surface area contributed by atoms with Crippen LogP contribution in [0.5, 0.6) is 0 Å². The van der Waals surface area contributed by atoms with Crippen molar-refractivity contribution in [2.75, 3.05) is 23.7 Å². The fourth-order valence-electron chi connectivity index (χ4n) is 4.07. The van der Waals surface area contributed by atoms with Gasteiger partial charge in [-0.05, 0) is 54.3 Å². The molecule has 4 aromatic carbocycles. The van der Waals surface area contributed by atoms with Gasteiger partial charge in [-0.15, -0.1) is 0 Å². The van der Waals surface area contributed by atoms with Crippen molar-refractivity contribution in [3.63, 3.8) is 0 Å². The predicted molar refractivity (Wildman–Crippen MR) is 136 cm³/mol. The van der Waals surface area contributed by atoms with Crippen LogP contribution in [0.2, 0.25) is 0 Å². The summed E-state index contributed by atoms with van der Waals surface area (Å²) in [4.78, 5) is 13.4. The molecule has 4 aromatic rings. The quantitative estimate of drug-likeness (QED) is 0.367. The number of fused-ring (bicyclic) bond motifs is 1. The molecular formula is C27H26N2O4S. The van der Waals surface area contributed by atoms with E-state index in [-0.39, 0.29) is 10.5 Å². The van der Waals surface area contributed by atoms with E-state index in [2.05, 4.69) is 4.72 Å². The van der Waals surface area contributed by atoms with Crippen molar-refractivity contribution in [1.82, 2.24) is 0 Å². The number of sulfonamides is 1. The molecule has 0 aliphatic carbocycles. The zero-order valence-electron chi connectivity index (χ0n) is 19.0. The van der Waals surface area contributed by atoms with Crippen LogP contribution in [-0.2, 0) is 22.9 Å². The summed E-state index contributed by atoms with van der Waals surface area (Å²) in [7, 11) is 0.00233. The smallest absolute Gasteiger partial charge is 0.335 e. The minimum absolute atomic E-state index is 0.220. The first kappa shape index (κ1) is 23.3. The number of para-hydroxylation sites is 1. The molecule has 0 heterocycles. The molecule has 0 radical (unpaired) electrons. The Labute approximate surface area is 199 Å². The monoisotopic (exact) mass is 474 g/mol. The molecule has 0 aromatic heterocycles. The summed E-state index contributed by atoms with van der Waals surface area (Å²) in [6, 6.07) is 25.0. The van der Waals surface area contributed by atoms with E-state index in [9.17, 15) is 18.3 Å². The molecule has 0 unspecified atom stereocenters. The number of rotatable bonds is 8. The first-order valence-corrected chi connectivity index (χ1v) is 12.4. The van der Waals surface area contributed by atoms with Crippen LogP contribution in [0.3, 0.4) is 0 Å². The normalized spacial score (nSPS) is 11.4. The van der Waals surface area contributed by atoms with Gasteiger partial charge in [0.25, 0.3) is 10.0 Å². The molecule has 0 bridgehead atoms. The van der Waals surface area contributed by atoms with E-state index >= 15 is 0 Å². The van der Waals surface area contributed by atoms with Gasteiger partial charge in [-0.3, -0.25) is 4.72 Å². The summed E-state index contributed by atoms with van der Waals surface area (Å²) in [5, 5.41) is 10.7. The number of nitrogens with one attached hydrogen (secondary N) is 1. The van der Waals surface area contributed by atoms with E-state index in [1.54, 1.807) is 42.5 Å². The Bertz CT molecular complexity index is 1460. The number of anilines is 2. The third-order valence-corrected chi connectivity index (χ3v) is 7.17. The lowest BCUT2D eigenvalue weighted by Crippen LogP contribution is -2.15. The molecule has 0 aliphatic heterocycles. The van der Waals surface area contributed by atoms with Crippen LogP contribution in [0.1, 0.15) is 21.5 Å². The molecule has 0 amide bonds. The number of carboxylic acid groups (broad SMARTS) is 1. The summed E-state index contributed by atoms with van der Waals surface area (Å²) < 4.78 is 29.7. The van der Waals surface area contributed by atoms with Gasteiger partial charge >= 0.3 is 5.97 Å². The molecule has 34 heavy (non-hydrogen) atoms. The Morgan fingerprint density at radius 3 is 2.32 bits per heavy atom. The highest BCUT2D eigenvalue weighted by Gasteiger charge is 2.20. The second kappa shape index (κ2) is 9.57. The minimum atomic E-state index is -3.85. The highest BCUT2D eigenvalue weighted by atomic mass is 32.2. The number of aromatic carboxylic acids is 1. The van der Waals surface area contributed by atoms with Crippen LogP contribution in [0.15, 0.2) is 89.8 Å². The number of hydrogen-bond donors (Lipinski definition) is 2. The molecule has 0 atom stereocenters. The Morgan fingerprint density at radius 1 is 0.853 bits per heavy atom. The van der Waals surface area contributed by atoms with Crippen molar-refractivity contribution >= 4 is 38.1 Å². The largest absolute Gasteiger partial charge is 0.478 e. The summed E-state index contributed by atoms with van der Waals surface area (Å²) >= 11 is 0. The van der Waals surface area contributed by atoms with Crippen molar-refractivity contribution in [1.29, 1.82) is 0 Å². The zero-order valence-corrected chi connectivity index (χ0v) is 19.8. The second-order valence-corrected chi connectivity index (χ2v) is 9.94. The van der Waals surface area contributed by atoms with Gasteiger partial charge in [-0.25, -0.2) is 13.2 Å². The second-order valence-electron chi connectivity index (χ2n) is 8.29. The molecule has 174 valence electrons. The Kier molecular flexibility index (Phi) is 6.56. The molecule has 2 N–H and O–H groups in total. The molecule has 4 rings (SSSR count). The fraction of sp³-hybridized carbons (Fsp3) is 0.148. The van der Waals surface area contributed by atoms with Crippen LogP contribution in [0, 0.1) is 0 Å². The third-order valence-electron chi connectivity index (χ3n) is 5.75. The van der Waals surface area contributed by atoms with Crippen molar-refractivity contribution in [3.8, 4) is 0 Å². The number of nitrogens with zero attached hydrogens (tertiary/aromatic N) is 1. The van der Waals surface area contributed by atoms with Gasteiger partial charge in [0.1, 0.15) is 0 Å². The number of carboxylic acids is 1. The maximum atomic E-state index is 13.5. The van der Waals surface area contributed by atoms with Gasteiger partial charge in [0.15, 0.2) is 0 Å². The number of benzene rings is 4. The average molecular weight is 475 g/mol. The van der Waals surface area contributed by atoms with Crippen molar-refractivity contribution in [2.45, 2.75) is 17.7 Å². The van der Waals surface area contributed by atoms with Crippen molar-refractivity contribution in [2.24, 2.45) is 0 Å². The molecular weight excluding hydrogens is 448 g/mol. The van der Waals surface area contributed by atoms with E-state index in [1.807, 2.05) is 61.5 Å². The summed E-state index contributed by atoms with van der Waals surface area (Å²) in [6.45, 7) is 0. The molecule has 0 fully saturated rings. The lowest BCUT2D eigenvalue weighted by atomic mass is 10.0. The summed E-state index contributed by atoms with van der Waals surface area (Å²) in [6.07, 6.45) is 1.14. The van der Waals surface area contributed by atoms with E-state index in [0.717, 1.165) is 22.2 Å². The maximum Gasteiger partial charge on any atom is 0.335 e. The van der Waals surface area contributed by atoms with E-state index in [0.29, 0.717) is 23.9 Å². The van der Waals surface area contributed by atoms with Crippen molar-refractivity contribution < 1.29 is 18.3 Å². The van der Waals surface area contributed by atoms with E-state index in [4.69, 9.17) is 0 Å². The van der Waals surface area contributed by atoms with Gasteiger partial charge in [-0.1, -0.05) is 54.6 Å². The first-order chi connectivity index (χ1) is 16.3.